The average molecular weight is 398 g/mol. The van der Waals surface area contributed by atoms with Crippen molar-refractivity contribution in [2.75, 3.05) is 11.4 Å². The van der Waals surface area contributed by atoms with E-state index in [-0.39, 0.29) is 30.8 Å². The molecule has 0 bridgehead atoms. The Hall–Kier alpha value is -2.97. The number of benzene rings is 2. The molecule has 2 aromatic carbocycles. The van der Waals surface area contributed by atoms with Gasteiger partial charge < -0.3 is 10.2 Å². The van der Waals surface area contributed by atoms with E-state index in [1.165, 1.54) is 23.1 Å². The van der Waals surface area contributed by atoms with Gasteiger partial charge in [-0.1, -0.05) is 12.1 Å². The van der Waals surface area contributed by atoms with E-state index in [4.69, 9.17) is 0 Å². The molecule has 0 aliphatic carbocycles. The number of anilines is 1. The molecular weight excluding hydrogens is 383 g/mol. The lowest BCUT2D eigenvalue weighted by atomic mass is 10.1. The highest BCUT2D eigenvalue weighted by Gasteiger charge is 2.37. The second-order valence-corrected chi connectivity index (χ2v) is 6.35. The maximum absolute atomic E-state index is 13.4. The summed E-state index contributed by atoms with van der Waals surface area (Å²) in [5.41, 5.74) is -0.455. The Morgan fingerprint density at radius 3 is 2.54 bits per heavy atom. The number of carbonyl (C=O) groups is 2. The number of amides is 2. The average Bonchev–Trinajstić information content (AvgIpc) is 3.03. The van der Waals surface area contributed by atoms with Crippen molar-refractivity contribution in [1.29, 1.82) is 0 Å². The van der Waals surface area contributed by atoms with Crippen molar-refractivity contribution in [2.24, 2.45) is 5.92 Å². The fraction of sp³-hybridized carbons (Fsp3) is 0.263. The van der Waals surface area contributed by atoms with E-state index in [2.05, 4.69) is 5.32 Å². The molecule has 2 amide bonds. The first-order chi connectivity index (χ1) is 13.2. The zero-order valence-electron chi connectivity index (χ0n) is 14.4. The molecule has 148 valence electrons. The molecule has 0 aromatic heterocycles. The maximum atomic E-state index is 13.4. The Morgan fingerprint density at radius 1 is 1.11 bits per heavy atom. The second-order valence-electron chi connectivity index (χ2n) is 6.35. The molecule has 9 heteroatoms. The monoisotopic (exact) mass is 398 g/mol. The number of hydrogen-bond acceptors (Lipinski definition) is 2. The number of halogens is 5. The first-order valence-corrected chi connectivity index (χ1v) is 8.37. The molecule has 1 unspecified atom stereocenters. The third-order valence-corrected chi connectivity index (χ3v) is 4.46. The summed E-state index contributed by atoms with van der Waals surface area (Å²) in [5, 5.41) is 2.45. The van der Waals surface area contributed by atoms with Gasteiger partial charge in [0.2, 0.25) is 11.8 Å². The molecule has 1 N–H and O–H groups in total. The third kappa shape index (κ3) is 4.13. The minimum atomic E-state index is -4.49. The molecule has 1 atom stereocenters. The highest BCUT2D eigenvalue weighted by atomic mass is 19.4. The normalized spacial score (nSPS) is 17.1. The lowest BCUT2D eigenvalue weighted by Gasteiger charge is -2.17. The van der Waals surface area contributed by atoms with Crippen LogP contribution in [-0.2, 0) is 22.3 Å². The van der Waals surface area contributed by atoms with Crippen LogP contribution in [0.2, 0.25) is 0 Å². The first kappa shape index (κ1) is 19.8. The van der Waals surface area contributed by atoms with Gasteiger partial charge in [0, 0.05) is 24.8 Å². The quantitative estimate of drug-likeness (QED) is 0.632. The summed E-state index contributed by atoms with van der Waals surface area (Å²) in [7, 11) is 0. The third-order valence-electron chi connectivity index (χ3n) is 4.46. The van der Waals surface area contributed by atoms with Crippen LogP contribution in [0.25, 0.3) is 0 Å². The van der Waals surface area contributed by atoms with Crippen molar-refractivity contribution in [3.8, 4) is 0 Å². The molecular formula is C19H15F5N2O2. The molecule has 4 nitrogen and oxygen atoms in total. The minimum absolute atomic E-state index is 0.136. The van der Waals surface area contributed by atoms with E-state index in [0.29, 0.717) is 0 Å². The zero-order chi connectivity index (χ0) is 20.5. The lowest BCUT2D eigenvalue weighted by Crippen LogP contribution is -2.36. The van der Waals surface area contributed by atoms with Gasteiger partial charge in [0.25, 0.3) is 0 Å². The van der Waals surface area contributed by atoms with Gasteiger partial charge in [0.05, 0.1) is 5.56 Å². The van der Waals surface area contributed by atoms with Gasteiger partial charge >= 0.3 is 6.18 Å². The van der Waals surface area contributed by atoms with Crippen LogP contribution in [0.3, 0.4) is 0 Å². The van der Waals surface area contributed by atoms with Gasteiger partial charge in [-0.3, -0.25) is 9.59 Å². The number of nitrogens with one attached hydrogen (secondary N) is 1. The van der Waals surface area contributed by atoms with Crippen molar-refractivity contribution in [3.63, 3.8) is 0 Å². The van der Waals surface area contributed by atoms with Crippen LogP contribution >= 0.6 is 0 Å². The zero-order valence-corrected chi connectivity index (χ0v) is 14.4. The van der Waals surface area contributed by atoms with Crippen molar-refractivity contribution < 1.29 is 31.5 Å². The van der Waals surface area contributed by atoms with Gasteiger partial charge in [0.1, 0.15) is 5.92 Å². The van der Waals surface area contributed by atoms with Crippen molar-refractivity contribution >= 4 is 17.5 Å². The minimum Gasteiger partial charge on any atom is -0.351 e. The molecule has 0 radical (unpaired) electrons. The van der Waals surface area contributed by atoms with Gasteiger partial charge in [-0.2, -0.15) is 13.2 Å². The van der Waals surface area contributed by atoms with E-state index >= 15 is 0 Å². The summed E-state index contributed by atoms with van der Waals surface area (Å²) >= 11 is 0. The predicted molar refractivity (Wildman–Crippen MR) is 90.1 cm³/mol. The van der Waals surface area contributed by atoms with Gasteiger partial charge in [-0.25, -0.2) is 8.78 Å². The van der Waals surface area contributed by atoms with E-state index in [9.17, 15) is 31.5 Å². The topological polar surface area (TPSA) is 49.4 Å². The Labute approximate surface area is 156 Å². The Balaban J connectivity index is 1.64. The predicted octanol–water partition coefficient (Wildman–Crippen LogP) is 3.65. The smallest absolute Gasteiger partial charge is 0.351 e. The molecule has 3 rings (SSSR count). The van der Waals surface area contributed by atoms with Crippen LogP contribution < -0.4 is 10.2 Å². The van der Waals surface area contributed by atoms with Crippen LogP contribution in [0, 0.1) is 17.6 Å². The Bertz CT molecular complexity index is 913. The summed E-state index contributed by atoms with van der Waals surface area (Å²) in [6, 6.07) is 7.50. The van der Waals surface area contributed by atoms with Gasteiger partial charge in [0.15, 0.2) is 11.6 Å². The largest absolute Gasteiger partial charge is 0.416 e. The van der Waals surface area contributed by atoms with Crippen molar-refractivity contribution in [1.82, 2.24) is 5.32 Å². The molecule has 1 fully saturated rings. The van der Waals surface area contributed by atoms with Crippen LogP contribution in [0.15, 0.2) is 42.5 Å². The van der Waals surface area contributed by atoms with Crippen molar-refractivity contribution in [3.05, 3.63) is 65.2 Å². The van der Waals surface area contributed by atoms with E-state index in [1.54, 1.807) is 0 Å². The van der Waals surface area contributed by atoms with Gasteiger partial charge in [-0.15, -0.1) is 0 Å². The fourth-order valence-corrected chi connectivity index (χ4v) is 3.00. The number of alkyl halides is 3. The molecule has 2 aromatic rings. The number of rotatable bonds is 4. The number of carbonyl (C=O) groups excluding carboxylic acids is 2. The Morgan fingerprint density at radius 2 is 1.86 bits per heavy atom. The first-order valence-electron chi connectivity index (χ1n) is 8.37. The summed E-state index contributed by atoms with van der Waals surface area (Å²) in [6.07, 6.45) is -4.33. The number of hydrogen-bond donors (Lipinski definition) is 1. The molecule has 1 aliphatic rings. The summed E-state index contributed by atoms with van der Waals surface area (Å²) in [6.45, 7) is -0.0245. The molecule has 0 saturated carbocycles. The highest BCUT2D eigenvalue weighted by Crippen LogP contribution is 2.30. The van der Waals surface area contributed by atoms with Crippen LogP contribution in [0.5, 0.6) is 0 Å². The van der Waals surface area contributed by atoms with Crippen LogP contribution in [0.4, 0.5) is 27.6 Å². The SMILES string of the molecule is O=C(NCc1cccc(C(F)(F)F)c1)C1CCN(c2ccc(F)c(F)c2)C1=O. The Kier molecular flexibility index (Phi) is 5.35. The fourth-order valence-electron chi connectivity index (χ4n) is 3.00. The highest BCUT2D eigenvalue weighted by molar-refractivity contribution is 6.09. The molecule has 1 aliphatic heterocycles. The lowest BCUT2D eigenvalue weighted by molar-refractivity contribution is -0.137. The summed E-state index contributed by atoms with van der Waals surface area (Å²) in [4.78, 5) is 25.9. The summed E-state index contributed by atoms with van der Waals surface area (Å²) < 4.78 is 64.6. The van der Waals surface area contributed by atoms with Crippen LogP contribution in [-0.4, -0.2) is 18.4 Å². The molecule has 28 heavy (non-hydrogen) atoms. The van der Waals surface area contributed by atoms with E-state index < -0.39 is 41.1 Å². The number of nitrogens with zero attached hydrogens (tertiary/aromatic N) is 1. The molecule has 1 saturated heterocycles. The van der Waals surface area contributed by atoms with Crippen molar-refractivity contribution in [2.45, 2.75) is 19.1 Å². The maximum Gasteiger partial charge on any atom is 0.416 e. The second kappa shape index (κ2) is 7.57. The van der Waals surface area contributed by atoms with E-state index in [1.807, 2.05) is 0 Å². The van der Waals surface area contributed by atoms with Crippen LogP contribution in [0.1, 0.15) is 17.5 Å². The van der Waals surface area contributed by atoms with Gasteiger partial charge in [-0.05, 0) is 36.2 Å². The molecule has 0 spiro atoms. The van der Waals surface area contributed by atoms with E-state index in [0.717, 1.165) is 24.3 Å². The standard InChI is InChI=1S/C19H15F5N2O2/c20-15-5-4-13(9-16(15)21)26-7-6-14(18(26)28)17(27)25-10-11-2-1-3-12(8-11)19(22,23)24/h1-5,8-9,14H,6-7,10H2,(H,25,27). The summed E-state index contributed by atoms with van der Waals surface area (Å²) in [5.74, 6) is -4.41. The molecule has 1 heterocycles.